The predicted molar refractivity (Wildman–Crippen MR) is 78.7 cm³/mol. The molecule has 19 heavy (non-hydrogen) atoms. The summed E-state index contributed by atoms with van der Waals surface area (Å²) in [5.41, 5.74) is 7.22. The summed E-state index contributed by atoms with van der Waals surface area (Å²) in [6, 6.07) is 6.02. The Hall–Kier alpha value is -1.04. The van der Waals surface area contributed by atoms with Crippen molar-refractivity contribution in [1.29, 1.82) is 0 Å². The molecule has 0 fully saturated rings. The second kappa shape index (κ2) is 6.41. The zero-order chi connectivity index (χ0) is 13.8. The number of aromatic amines is 1. The molecule has 0 aliphatic rings. The fourth-order valence-electron chi connectivity index (χ4n) is 1.69. The van der Waals surface area contributed by atoms with Crippen molar-refractivity contribution < 1.29 is 0 Å². The first kappa shape index (κ1) is 14.4. The topological polar surface area (TPSA) is 67.6 Å². The Bertz CT molecular complexity index is 555. The highest BCUT2D eigenvalue weighted by molar-refractivity contribution is 7.99. The Morgan fingerprint density at radius 1 is 1.47 bits per heavy atom. The highest BCUT2D eigenvalue weighted by atomic mass is 35.5. The lowest BCUT2D eigenvalue weighted by molar-refractivity contribution is 0.641. The van der Waals surface area contributed by atoms with E-state index in [1.54, 1.807) is 0 Å². The lowest BCUT2D eigenvalue weighted by Gasteiger charge is -2.12. The SMILES string of the molecule is CCC(N)Cc1ccc(Cl)cc1Sc1n[nH]c(C)n1. The van der Waals surface area contributed by atoms with Gasteiger partial charge in [0.1, 0.15) is 5.82 Å². The molecule has 1 aromatic heterocycles. The van der Waals surface area contributed by atoms with Crippen molar-refractivity contribution >= 4 is 23.4 Å². The molecule has 6 heteroatoms. The Labute approximate surface area is 122 Å². The first-order valence-corrected chi connectivity index (χ1v) is 7.38. The minimum Gasteiger partial charge on any atom is -0.327 e. The normalized spacial score (nSPS) is 12.6. The Morgan fingerprint density at radius 2 is 2.26 bits per heavy atom. The van der Waals surface area contributed by atoms with Crippen LogP contribution in [0.3, 0.4) is 0 Å². The third kappa shape index (κ3) is 3.96. The molecule has 0 amide bonds. The number of rotatable bonds is 5. The van der Waals surface area contributed by atoms with Crippen LogP contribution < -0.4 is 5.73 Å². The number of benzene rings is 1. The third-order valence-corrected chi connectivity index (χ3v) is 4.01. The number of hydrogen-bond acceptors (Lipinski definition) is 4. The Balaban J connectivity index is 2.24. The molecule has 0 bridgehead atoms. The third-order valence-electron chi connectivity index (χ3n) is 2.81. The van der Waals surface area contributed by atoms with E-state index in [9.17, 15) is 0 Å². The first-order chi connectivity index (χ1) is 9.08. The van der Waals surface area contributed by atoms with E-state index in [1.165, 1.54) is 17.3 Å². The molecule has 1 atom stereocenters. The van der Waals surface area contributed by atoms with Gasteiger partial charge in [0, 0.05) is 16.0 Å². The molecule has 0 aliphatic carbocycles. The van der Waals surface area contributed by atoms with E-state index in [1.807, 2.05) is 25.1 Å². The lowest BCUT2D eigenvalue weighted by Crippen LogP contribution is -2.21. The van der Waals surface area contributed by atoms with Gasteiger partial charge < -0.3 is 5.73 Å². The van der Waals surface area contributed by atoms with E-state index >= 15 is 0 Å². The van der Waals surface area contributed by atoms with Crippen molar-refractivity contribution in [3.8, 4) is 0 Å². The highest BCUT2D eigenvalue weighted by Gasteiger charge is 2.11. The largest absolute Gasteiger partial charge is 0.327 e. The van der Waals surface area contributed by atoms with Crippen molar-refractivity contribution in [1.82, 2.24) is 15.2 Å². The number of H-pyrrole nitrogens is 1. The van der Waals surface area contributed by atoms with Gasteiger partial charge in [0.05, 0.1) is 0 Å². The summed E-state index contributed by atoms with van der Waals surface area (Å²) in [6.45, 7) is 3.97. The van der Waals surface area contributed by atoms with Crippen LogP contribution in [0.4, 0.5) is 0 Å². The number of nitrogens with zero attached hydrogens (tertiary/aromatic N) is 2. The quantitative estimate of drug-likeness (QED) is 0.889. The van der Waals surface area contributed by atoms with Crippen LogP contribution >= 0.6 is 23.4 Å². The molecule has 3 N–H and O–H groups in total. The number of nitrogens with two attached hydrogens (primary N) is 1. The van der Waals surface area contributed by atoms with Gasteiger partial charge in [-0.2, -0.15) is 0 Å². The van der Waals surface area contributed by atoms with Gasteiger partial charge in [-0.05, 0) is 49.2 Å². The lowest BCUT2D eigenvalue weighted by atomic mass is 10.1. The molecule has 0 saturated heterocycles. The monoisotopic (exact) mass is 296 g/mol. The summed E-state index contributed by atoms with van der Waals surface area (Å²) in [4.78, 5) is 5.36. The molecule has 2 rings (SSSR count). The van der Waals surface area contributed by atoms with Crippen molar-refractivity contribution in [2.24, 2.45) is 5.73 Å². The summed E-state index contributed by atoms with van der Waals surface area (Å²) in [5.74, 6) is 0.802. The molecule has 1 aromatic carbocycles. The van der Waals surface area contributed by atoms with Crippen molar-refractivity contribution in [2.75, 3.05) is 0 Å². The zero-order valence-electron chi connectivity index (χ0n) is 11.0. The van der Waals surface area contributed by atoms with Gasteiger partial charge in [0.25, 0.3) is 0 Å². The van der Waals surface area contributed by atoms with Crippen molar-refractivity contribution in [2.45, 2.75) is 42.8 Å². The summed E-state index contributed by atoms with van der Waals surface area (Å²) in [5, 5.41) is 8.38. The second-order valence-electron chi connectivity index (χ2n) is 4.43. The van der Waals surface area contributed by atoms with Crippen LogP contribution in [0, 0.1) is 6.92 Å². The second-order valence-corrected chi connectivity index (χ2v) is 5.88. The van der Waals surface area contributed by atoms with E-state index in [0.717, 1.165) is 23.6 Å². The number of nitrogens with one attached hydrogen (secondary N) is 1. The molecule has 0 spiro atoms. The Kier molecular flexibility index (Phi) is 4.85. The number of aryl methyl sites for hydroxylation is 1. The first-order valence-electron chi connectivity index (χ1n) is 6.19. The number of aromatic nitrogens is 3. The average Bonchev–Trinajstić information content (AvgIpc) is 2.78. The van der Waals surface area contributed by atoms with Crippen LogP contribution in [0.5, 0.6) is 0 Å². The predicted octanol–water partition coefficient (Wildman–Crippen LogP) is 3.20. The van der Waals surface area contributed by atoms with Gasteiger partial charge in [-0.3, -0.25) is 5.10 Å². The summed E-state index contributed by atoms with van der Waals surface area (Å²) < 4.78 is 0. The van der Waals surface area contributed by atoms with E-state index in [0.29, 0.717) is 10.2 Å². The molecule has 4 nitrogen and oxygen atoms in total. The standard InChI is InChI=1S/C13H17ClN4S/c1-3-11(15)6-9-4-5-10(14)7-12(9)19-13-16-8(2)17-18-13/h4-5,7,11H,3,6,15H2,1-2H3,(H,16,17,18). The van der Waals surface area contributed by atoms with Gasteiger partial charge in [0.15, 0.2) is 0 Å². The maximum absolute atomic E-state index is 6.07. The van der Waals surface area contributed by atoms with Crippen LogP contribution in [0.15, 0.2) is 28.3 Å². The van der Waals surface area contributed by atoms with Crippen LogP contribution in [0.25, 0.3) is 0 Å². The van der Waals surface area contributed by atoms with Gasteiger partial charge >= 0.3 is 0 Å². The number of halogens is 1. The minimum absolute atomic E-state index is 0.161. The van der Waals surface area contributed by atoms with Gasteiger partial charge in [-0.1, -0.05) is 24.6 Å². The molecular formula is C13H17ClN4S. The molecule has 2 aromatic rings. The average molecular weight is 297 g/mol. The Morgan fingerprint density at radius 3 is 2.89 bits per heavy atom. The summed E-state index contributed by atoms with van der Waals surface area (Å²) in [7, 11) is 0. The maximum Gasteiger partial charge on any atom is 0.213 e. The van der Waals surface area contributed by atoms with Crippen LogP contribution in [0.2, 0.25) is 5.02 Å². The summed E-state index contributed by atoms with van der Waals surface area (Å²) in [6.07, 6.45) is 1.78. The molecular weight excluding hydrogens is 280 g/mol. The minimum atomic E-state index is 0.161. The van der Waals surface area contributed by atoms with Crippen molar-refractivity contribution in [3.63, 3.8) is 0 Å². The molecule has 0 radical (unpaired) electrons. The van der Waals surface area contributed by atoms with Gasteiger partial charge in [-0.25, -0.2) is 4.98 Å². The highest BCUT2D eigenvalue weighted by Crippen LogP contribution is 2.31. The zero-order valence-corrected chi connectivity index (χ0v) is 12.6. The smallest absolute Gasteiger partial charge is 0.213 e. The molecule has 1 heterocycles. The van der Waals surface area contributed by atoms with Crippen LogP contribution in [0.1, 0.15) is 24.7 Å². The van der Waals surface area contributed by atoms with E-state index in [-0.39, 0.29) is 6.04 Å². The molecule has 102 valence electrons. The van der Waals surface area contributed by atoms with Gasteiger partial charge in [0.2, 0.25) is 5.16 Å². The molecule has 1 unspecified atom stereocenters. The molecule has 0 aliphatic heterocycles. The van der Waals surface area contributed by atoms with E-state index in [4.69, 9.17) is 17.3 Å². The molecule has 0 saturated carbocycles. The van der Waals surface area contributed by atoms with E-state index < -0.39 is 0 Å². The fraction of sp³-hybridized carbons (Fsp3) is 0.385. The van der Waals surface area contributed by atoms with Crippen LogP contribution in [-0.2, 0) is 6.42 Å². The number of hydrogen-bond donors (Lipinski definition) is 2. The van der Waals surface area contributed by atoms with Gasteiger partial charge in [-0.15, -0.1) is 5.10 Å². The fourth-order valence-corrected chi connectivity index (χ4v) is 2.86. The summed E-state index contributed by atoms with van der Waals surface area (Å²) >= 11 is 7.57. The van der Waals surface area contributed by atoms with Crippen LogP contribution in [-0.4, -0.2) is 21.2 Å². The maximum atomic E-state index is 6.07. The van der Waals surface area contributed by atoms with E-state index in [2.05, 4.69) is 22.1 Å². The van der Waals surface area contributed by atoms with Crippen molar-refractivity contribution in [3.05, 3.63) is 34.6 Å².